The number of hydrogen-bond donors (Lipinski definition) is 0. The molecule has 0 fully saturated rings. The van der Waals surface area contributed by atoms with Gasteiger partial charge in [0, 0.05) is 22.3 Å². The SMILES string of the molecule is O=C([O-])c1nc(-c2ccccc2)cc(-c2ccccc2)n1.O=C([O-])c1nc(-c2ccccc2)cc(-c2ccccc2)n1.[Ir+3]. The van der Waals surface area contributed by atoms with Crippen molar-refractivity contribution >= 4 is 11.9 Å². The van der Waals surface area contributed by atoms with Crippen molar-refractivity contribution in [2.45, 2.75) is 0 Å². The molecule has 0 bridgehead atoms. The molecule has 0 amide bonds. The average molecular weight is 743 g/mol. The van der Waals surface area contributed by atoms with Gasteiger partial charge >= 0.3 is 20.1 Å². The second-order valence-electron chi connectivity index (χ2n) is 8.96. The second kappa shape index (κ2) is 14.5. The second-order valence-corrected chi connectivity index (χ2v) is 8.96. The first-order chi connectivity index (χ1) is 20.5. The maximum Gasteiger partial charge on any atom is 3.00 e. The smallest absolute Gasteiger partial charge is 0.542 e. The van der Waals surface area contributed by atoms with E-state index < -0.39 is 11.9 Å². The summed E-state index contributed by atoms with van der Waals surface area (Å²) in [6, 6.07) is 41.1. The van der Waals surface area contributed by atoms with E-state index in [-0.39, 0.29) is 31.8 Å². The fraction of sp³-hybridized carbons (Fsp3) is 0. The standard InChI is InChI=1S/2C17H12N2O2.Ir/c2*20-17(21)16-18-14(12-7-3-1-4-8-12)11-15(19-16)13-9-5-2-6-10-13;/h2*1-11H,(H,20,21);/q;;+3/p-2. The van der Waals surface area contributed by atoms with Gasteiger partial charge in [0.05, 0.1) is 22.8 Å². The van der Waals surface area contributed by atoms with Crippen LogP contribution in [0.4, 0.5) is 0 Å². The van der Waals surface area contributed by atoms with Crippen LogP contribution in [0.5, 0.6) is 0 Å². The maximum absolute atomic E-state index is 11.1. The molecule has 4 aromatic carbocycles. The van der Waals surface area contributed by atoms with Gasteiger partial charge in [-0.05, 0) is 12.1 Å². The van der Waals surface area contributed by atoms with Crippen LogP contribution in [0.3, 0.4) is 0 Å². The van der Waals surface area contributed by atoms with Gasteiger partial charge in [-0.25, -0.2) is 19.9 Å². The van der Waals surface area contributed by atoms with E-state index in [1.54, 1.807) is 12.1 Å². The molecule has 0 aliphatic heterocycles. The van der Waals surface area contributed by atoms with E-state index in [9.17, 15) is 19.8 Å². The minimum absolute atomic E-state index is 0. The molecule has 43 heavy (non-hydrogen) atoms. The molecule has 0 aliphatic rings. The van der Waals surface area contributed by atoms with Crippen molar-refractivity contribution in [3.8, 4) is 45.0 Å². The van der Waals surface area contributed by atoms with E-state index in [0.29, 0.717) is 22.8 Å². The van der Waals surface area contributed by atoms with E-state index >= 15 is 0 Å². The molecule has 2 heterocycles. The molecule has 8 nitrogen and oxygen atoms in total. The first-order valence-corrected chi connectivity index (χ1v) is 12.9. The number of aromatic carboxylic acids is 2. The summed E-state index contributed by atoms with van der Waals surface area (Å²) in [5, 5.41) is 22.3. The summed E-state index contributed by atoms with van der Waals surface area (Å²) in [6.45, 7) is 0. The summed E-state index contributed by atoms with van der Waals surface area (Å²) in [4.78, 5) is 38.5. The zero-order chi connectivity index (χ0) is 29.3. The van der Waals surface area contributed by atoms with E-state index in [1.807, 2.05) is 121 Å². The Morgan fingerprint density at radius 1 is 0.395 bits per heavy atom. The number of nitrogens with zero attached hydrogens (tertiary/aromatic N) is 4. The Morgan fingerprint density at radius 2 is 0.605 bits per heavy atom. The van der Waals surface area contributed by atoms with E-state index in [0.717, 1.165) is 22.3 Å². The van der Waals surface area contributed by atoms with Crippen molar-refractivity contribution in [3.63, 3.8) is 0 Å². The molecule has 0 N–H and O–H groups in total. The molecule has 0 radical (unpaired) electrons. The number of carboxylic acid groups (broad SMARTS) is 2. The normalized spacial score (nSPS) is 10.0. The third-order valence-electron chi connectivity index (χ3n) is 6.10. The average Bonchev–Trinajstić information content (AvgIpc) is 3.06. The van der Waals surface area contributed by atoms with Gasteiger partial charge in [0.15, 0.2) is 11.6 Å². The molecule has 9 heteroatoms. The first kappa shape index (κ1) is 30.6. The zero-order valence-corrected chi connectivity index (χ0v) is 24.9. The molecular formula is C34H22IrN4O4+. The van der Waals surface area contributed by atoms with Crippen molar-refractivity contribution in [2.75, 3.05) is 0 Å². The molecular weight excluding hydrogens is 721 g/mol. The monoisotopic (exact) mass is 743 g/mol. The summed E-state index contributed by atoms with van der Waals surface area (Å²) >= 11 is 0. The Kier molecular flexibility index (Phi) is 10.3. The molecule has 0 unspecified atom stereocenters. The molecule has 0 saturated heterocycles. The van der Waals surface area contributed by atoms with E-state index in [4.69, 9.17) is 0 Å². The number of carbonyl (C=O) groups excluding carboxylic acids is 2. The van der Waals surface area contributed by atoms with Gasteiger partial charge in [0.1, 0.15) is 11.9 Å². The van der Waals surface area contributed by atoms with Crippen LogP contribution in [0.25, 0.3) is 45.0 Å². The molecule has 6 rings (SSSR count). The summed E-state index contributed by atoms with van der Waals surface area (Å²) in [5.41, 5.74) is 5.57. The van der Waals surface area contributed by atoms with Gasteiger partial charge in [-0.15, -0.1) is 0 Å². The van der Waals surface area contributed by atoms with Crippen LogP contribution in [-0.2, 0) is 20.1 Å². The molecule has 2 aromatic heterocycles. The predicted octanol–water partition coefficient (Wildman–Crippen LogP) is 4.35. The molecule has 0 aliphatic carbocycles. The number of carbonyl (C=O) groups is 2. The van der Waals surface area contributed by atoms with Crippen LogP contribution >= 0.6 is 0 Å². The Hall–Kier alpha value is -5.37. The van der Waals surface area contributed by atoms with Gasteiger partial charge in [-0.3, -0.25) is 0 Å². The number of benzene rings is 4. The summed E-state index contributed by atoms with van der Waals surface area (Å²) in [6.07, 6.45) is 0. The largest absolute Gasteiger partial charge is 3.00 e. The Morgan fingerprint density at radius 3 is 0.791 bits per heavy atom. The third-order valence-corrected chi connectivity index (χ3v) is 6.10. The molecule has 0 atom stereocenters. The topological polar surface area (TPSA) is 132 Å². The van der Waals surface area contributed by atoms with Gasteiger partial charge in [-0.2, -0.15) is 0 Å². The molecule has 0 spiro atoms. The van der Waals surface area contributed by atoms with Crippen LogP contribution in [0, 0.1) is 0 Å². The number of carboxylic acids is 2. The van der Waals surface area contributed by atoms with Crippen LogP contribution in [0.15, 0.2) is 133 Å². The van der Waals surface area contributed by atoms with Gasteiger partial charge in [0.25, 0.3) is 0 Å². The predicted molar refractivity (Wildman–Crippen MR) is 154 cm³/mol. The van der Waals surface area contributed by atoms with Crippen molar-refractivity contribution in [2.24, 2.45) is 0 Å². The first-order valence-electron chi connectivity index (χ1n) is 12.9. The molecule has 0 saturated carbocycles. The third kappa shape index (κ3) is 7.89. The minimum Gasteiger partial charge on any atom is -0.542 e. The van der Waals surface area contributed by atoms with Gasteiger partial charge < -0.3 is 19.8 Å². The fourth-order valence-electron chi connectivity index (χ4n) is 4.10. The quantitative estimate of drug-likeness (QED) is 0.246. The maximum atomic E-state index is 11.1. The van der Waals surface area contributed by atoms with Crippen molar-refractivity contribution in [1.82, 2.24) is 19.9 Å². The number of hydrogen-bond acceptors (Lipinski definition) is 8. The molecule has 6 aromatic rings. The minimum atomic E-state index is -1.38. The summed E-state index contributed by atoms with van der Waals surface area (Å²) in [5.74, 6) is -3.39. The van der Waals surface area contributed by atoms with Crippen molar-refractivity contribution in [3.05, 3.63) is 145 Å². The van der Waals surface area contributed by atoms with E-state index in [1.165, 1.54) is 0 Å². The number of rotatable bonds is 6. The van der Waals surface area contributed by atoms with Crippen LogP contribution in [0.2, 0.25) is 0 Å². The van der Waals surface area contributed by atoms with E-state index in [2.05, 4.69) is 19.9 Å². The van der Waals surface area contributed by atoms with Gasteiger partial charge in [-0.1, -0.05) is 121 Å². The number of aromatic nitrogens is 4. The van der Waals surface area contributed by atoms with Crippen molar-refractivity contribution < 1.29 is 39.9 Å². The van der Waals surface area contributed by atoms with Crippen LogP contribution < -0.4 is 10.2 Å². The van der Waals surface area contributed by atoms with Gasteiger partial charge in [0.2, 0.25) is 0 Å². The Balaban J connectivity index is 0.000000192. The molecule has 210 valence electrons. The van der Waals surface area contributed by atoms with Crippen LogP contribution in [0.1, 0.15) is 21.2 Å². The summed E-state index contributed by atoms with van der Waals surface area (Å²) < 4.78 is 0. The van der Waals surface area contributed by atoms with Crippen molar-refractivity contribution in [1.29, 1.82) is 0 Å². The summed E-state index contributed by atoms with van der Waals surface area (Å²) in [7, 11) is 0. The Labute approximate surface area is 261 Å². The Bertz CT molecular complexity index is 1570. The van der Waals surface area contributed by atoms with Crippen LogP contribution in [-0.4, -0.2) is 31.9 Å². The zero-order valence-electron chi connectivity index (χ0n) is 22.5. The fourth-order valence-corrected chi connectivity index (χ4v) is 4.10.